The van der Waals surface area contributed by atoms with Crippen LogP contribution in [0.15, 0.2) is 18.3 Å². The van der Waals surface area contributed by atoms with Gasteiger partial charge in [0.1, 0.15) is 0 Å². The van der Waals surface area contributed by atoms with Crippen LogP contribution in [0.3, 0.4) is 0 Å². The van der Waals surface area contributed by atoms with Gasteiger partial charge in [0.15, 0.2) is 0 Å². The molecule has 1 aromatic carbocycles. The fourth-order valence-electron chi connectivity index (χ4n) is 3.50. The van der Waals surface area contributed by atoms with Crippen molar-refractivity contribution in [2.75, 3.05) is 23.7 Å². The van der Waals surface area contributed by atoms with E-state index in [4.69, 9.17) is 5.73 Å². The number of aromatic amines is 1. The summed E-state index contributed by atoms with van der Waals surface area (Å²) in [5, 5.41) is 11.0. The Morgan fingerprint density at radius 2 is 2.30 bits per heavy atom. The molecule has 0 spiro atoms. The van der Waals surface area contributed by atoms with Crippen LogP contribution in [0.2, 0.25) is 0 Å². The molecule has 20 heavy (non-hydrogen) atoms. The fourth-order valence-corrected chi connectivity index (χ4v) is 3.50. The van der Waals surface area contributed by atoms with Crippen molar-refractivity contribution in [2.45, 2.75) is 18.9 Å². The predicted molar refractivity (Wildman–Crippen MR) is 77.4 cm³/mol. The van der Waals surface area contributed by atoms with Gasteiger partial charge in [-0.1, -0.05) is 0 Å². The second-order valence-electron chi connectivity index (χ2n) is 5.62. The number of hydrogen-bond acceptors (Lipinski definition) is 4. The number of carbonyl (C=O) groups excluding carboxylic acids is 1. The number of benzene rings is 1. The number of H-pyrrole nitrogens is 1. The zero-order chi connectivity index (χ0) is 13.7. The maximum absolute atomic E-state index is 11.9. The molecule has 3 heterocycles. The van der Waals surface area contributed by atoms with Crippen molar-refractivity contribution in [3.8, 4) is 0 Å². The van der Waals surface area contributed by atoms with E-state index in [0.717, 1.165) is 41.7 Å². The summed E-state index contributed by atoms with van der Waals surface area (Å²) in [6.45, 7) is 1.66. The smallest absolute Gasteiger partial charge is 0.225 e. The number of nitrogens with zero attached hydrogens (tertiary/aromatic N) is 2. The van der Waals surface area contributed by atoms with E-state index >= 15 is 0 Å². The average molecular weight is 271 g/mol. The summed E-state index contributed by atoms with van der Waals surface area (Å²) in [7, 11) is 0. The van der Waals surface area contributed by atoms with Crippen molar-refractivity contribution in [3.05, 3.63) is 18.3 Å². The maximum atomic E-state index is 11.9. The number of aromatic nitrogens is 2. The highest BCUT2D eigenvalue weighted by Crippen LogP contribution is 2.36. The number of piperidine rings is 1. The standard InChI is InChI=1S/C14H17N5O/c15-10-4-8-6-17-18-11(8)5-12(10)19-3-1-2-9-13(19)7-16-14(9)20/h4-6,9,13H,1-3,7,15H2,(H,16,20)(H,17,18). The molecule has 0 bridgehead atoms. The predicted octanol–water partition coefficient (Wildman–Crippen LogP) is 0.860. The number of nitrogens with one attached hydrogen (secondary N) is 2. The van der Waals surface area contributed by atoms with Gasteiger partial charge in [-0.05, 0) is 25.0 Å². The summed E-state index contributed by atoms with van der Waals surface area (Å²) in [6, 6.07) is 4.21. The number of rotatable bonds is 1. The van der Waals surface area contributed by atoms with Gasteiger partial charge >= 0.3 is 0 Å². The minimum Gasteiger partial charge on any atom is -0.397 e. The van der Waals surface area contributed by atoms with Crippen molar-refractivity contribution in [1.29, 1.82) is 0 Å². The van der Waals surface area contributed by atoms with Crippen LogP contribution in [0.1, 0.15) is 12.8 Å². The van der Waals surface area contributed by atoms with Gasteiger partial charge in [-0.25, -0.2) is 0 Å². The van der Waals surface area contributed by atoms with E-state index in [0.29, 0.717) is 6.54 Å². The molecule has 0 aliphatic carbocycles. The van der Waals surface area contributed by atoms with Gasteiger partial charge < -0.3 is 16.0 Å². The molecule has 0 saturated carbocycles. The molecule has 2 aliphatic rings. The first-order valence-electron chi connectivity index (χ1n) is 7.01. The normalized spacial score (nSPS) is 25.8. The quantitative estimate of drug-likeness (QED) is 0.671. The minimum atomic E-state index is 0.0978. The molecule has 104 valence electrons. The third-order valence-corrected chi connectivity index (χ3v) is 4.50. The Morgan fingerprint density at radius 1 is 1.40 bits per heavy atom. The lowest BCUT2D eigenvalue weighted by molar-refractivity contribution is -0.122. The summed E-state index contributed by atoms with van der Waals surface area (Å²) in [6.07, 6.45) is 3.77. The van der Waals surface area contributed by atoms with Gasteiger partial charge in [0.25, 0.3) is 0 Å². The van der Waals surface area contributed by atoms with Gasteiger partial charge in [0, 0.05) is 18.5 Å². The zero-order valence-electron chi connectivity index (χ0n) is 11.1. The zero-order valence-corrected chi connectivity index (χ0v) is 11.1. The largest absolute Gasteiger partial charge is 0.397 e. The van der Waals surface area contributed by atoms with Crippen LogP contribution in [0, 0.1) is 5.92 Å². The van der Waals surface area contributed by atoms with E-state index in [-0.39, 0.29) is 17.9 Å². The van der Waals surface area contributed by atoms with E-state index in [1.165, 1.54) is 0 Å². The number of amides is 1. The molecule has 6 nitrogen and oxygen atoms in total. The van der Waals surface area contributed by atoms with Gasteiger partial charge in [-0.15, -0.1) is 0 Å². The van der Waals surface area contributed by atoms with E-state index in [1.54, 1.807) is 6.20 Å². The van der Waals surface area contributed by atoms with Crippen LogP contribution in [0.5, 0.6) is 0 Å². The third kappa shape index (κ3) is 1.57. The number of nitrogens with two attached hydrogens (primary N) is 1. The highest BCUT2D eigenvalue weighted by Gasteiger charge is 2.41. The monoisotopic (exact) mass is 271 g/mol. The van der Waals surface area contributed by atoms with Crippen molar-refractivity contribution < 1.29 is 4.79 Å². The topological polar surface area (TPSA) is 87.0 Å². The SMILES string of the molecule is Nc1cc2cn[nH]c2cc1N1CCCC2C(=O)NCC21. The van der Waals surface area contributed by atoms with E-state index in [2.05, 4.69) is 20.4 Å². The first-order valence-corrected chi connectivity index (χ1v) is 7.01. The fraction of sp³-hybridized carbons (Fsp3) is 0.429. The van der Waals surface area contributed by atoms with Crippen molar-refractivity contribution in [3.63, 3.8) is 0 Å². The van der Waals surface area contributed by atoms with Crippen LogP contribution in [0.25, 0.3) is 10.9 Å². The van der Waals surface area contributed by atoms with E-state index in [9.17, 15) is 4.79 Å². The Labute approximate surface area is 116 Å². The molecule has 0 radical (unpaired) electrons. The minimum absolute atomic E-state index is 0.0978. The van der Waals surface area contributed by atoms with Crippen molar-refractivity contribution >= 4 is 28.2 Å². The second kappa shape index (κ2) is 4.13. The molecule has 2 atom stereocenters. The van der Waals surface area contributed by atoms with Crippen LogP contribution in [-0.2, 0) is 4.79 Å². The van der Waals surface area contributed by atoms with Gasteiger partial charge in [0.05, 0.1) is 35.0 Å². The van der Waals surface area contributed by atoms with Crippen LogP contribution < -0.4 is 16.0 Å². The second-order valence-corrected chi connectivity index (χ2v) is 5.62. The first-order chi connectivity index (χ1) is 9.74. The molecule has 2 aliphatic heterocycles. The van der Waals surface area contributed by atoms with Gasteiger partial charge in [0.2, 0.25) is 5.91 Å². The summed E-state index contributed by atoms with van der Waals surface area (Å²) < 4.78 is 0. The number of anilines is 2. The summed E-state index contributed by atoms with van der Waals surface area (Å²) in [4.78, 5) is 14.1. The molecule has 2 saturated heterocycles. The highest BCUT2D eigenvalue weighted by atomic mass is 16.2. The van der Waals surface area contributed by atoms with E-state index < -0.39 is 0 Å². The molecule has 2 aromatic rings. The lowest BCUT2D eigenvalue weighted by atomic mass is 9.91. The molecule has 2 fully saturated rings. The van der Waals surface area contributed by atoms with E-state index in [1.807, 2.05) is 12.1 Å². The molecule has 4 N–H and O–H groups in total. The Morgan fingerprint density at radius 3 is 3.20 bits per heavy atom. The lowest BCUT2D eigenvalue weighted by Gasteiger charge is -2.38. The highest BCUT2D eigenvalue weighted by molar-refractivity contribution is 5.90. The number of hydrogen-bond donors (Lipinski definition) is 3. The number of fused-ring (bicyclic) bond motifs is 2. The lowest BCUT2D eigenvalue weighted by Crippen LogP contribution is -2.46. The molecule has 1 aromatic heterocycles. The average Bonchev–Trinajstić information content (AvgIpc) is 3.04. The van der Waals surface area contributed by atoms with Gasteiger partial charge in [-0.3, -0.25) is 9.89 Å². The molecule has 6 heteroatoms. The van der Waals surface area contributed by atoms with Crippen LogP contribution in [0.4, 0.5) is 11.4 Å². The Balaban J connectivity index is 1.77. The molecular formula is C14H17N5O. The molecule has 4 rings (SSSR count). The molecular weight excluding hydrogens is 254 g/mol. The molecule has 1 amide bonds. The Hall–Kier alpha value is -2.24. The Bertz CT molecular complexity index is 679. The maximum Gasteiger partial charge on any atom is 0.225 e. The Kier molecular flexibility index (Phi) is 2.39. The van der Waals surface area contributed by atoms with Crippen LogP contribution in [-0.4, -0.2) is 35.2 Å². The number of carbonyl (C=O) groups is 1. The summed E-state index contributed by atoms with van der Waals surface area (Å²) >= 11 is 0. The van der Waals surface area contributed by atoms with Crippen molar-refractivity contribution in [2.24, 2.45) is 5.92 Å². The number of nitrogen functional groups attached to an aromatic ring is 1. The van der Waals surface area contributed by atoms with Crippen molar-refractivity contribution in [1.82, 2.24) is 15.5 Å². The molecule has 2 unspecified atom stereocenters. The van der Waals surface area contributed by atoms with Crippen LogP contribution >= 0.6 is 0 Å². The summed E-state index contributed by atoms with van der Waals surface area (Å²) in [5.41, 5.74) is 8.94. The van der Waals surface area contributed by atoms with Gasteiger partial charge in [-0.2, -0.15) is 5.10 Å². The summed E-state index contributed by atoms with van der Waals surface area (Å²) in [5.74, 6) is 0.279. The third-order valence-electron chi connectivity index (χ3n) is 4.50. The first kappa shape index (κ1) is 11.6.